The molecule has 4 aromatic carbocycles. The molecule has 0 heterocycles. The van der Waals surface area contributed by atoms with E-state index in [1.807, 2.05) is 0 Å². The summed E-state index contributed by atoms with van der Waals surface area (Å²) in [6.07, 6.45) is -4.59. The second-order valence-electron chi connectivity index (χ2n) is 7.74. The van der Waals surface area contributed by atoms with E-state index < -0.39 is 63.7 Å². The van der Waals surface area contributed by atoms with Crippen LogP contribution >= 0.6 is 0 Å². The van der Waals surface area contributed by atoms with Crippen molar-refractivity contribution in [1.29, 1.82) is 0 Å². The summed E-state index contributed by atoms with van der Waals surface area (Å²) in [4.78, 5) is 0. The topological polar surface area (TPSA) is 9.23 Å². The predicted molar refractivity (Wildman–Crippen MR) is 113 cm³/mol. The van der Waals surface area contributed by atoms with E-state index in [0.717, 1.165) is 6.07 Å². The molecule has 0 aliphatic rings. The average Bonchev–Trinajstić information content (AvgIpc) is 2.82. The summed E-state index contributed by atoms with van der Waals surface area (Å²) in [6, 6.07) is 9.41. The molecule has 186 valence electrons. The first-order valence-electron chi connectivity index (χ1n) is 10.2. The van der Waals surface area contributed by atoms with Crippen LogP contribution in [0.15, 0.2) is 60.7 Å². The van der Waals surface area contributed by atoms with Crippen LogP contribution in [0.4, 0.5) is 39.5 Å². The lowest BCUT2D eigenvalue weighted by Crippen LogP contribution is -2.24. The quantitative estimate of drug-likeness (QED) is 0.193. The van der Waals surface area contributed by atoms with Crippen molar-refractivity contribution in [3.63, 3.8) is 0 Å². The standard InChI is InChI=1S/C26H13F9O/c1-12-2-7-16(22(30)21(12)29)13-3-5-14(6-4-13)17-8-9-18(24(32)23(17)31)26(34,35)36-15-10-19(27)25(33)20(28)11-15/h2-11H,1H3. The molecular weight excluding hydrogens is 499 g/mol. The van der Waals surface area contributed by atoms with E-state index >= 15 is 0 Å². The maximum absolute atomic E-state index is 14.7. The fraction of sp³-hybridized carbons (Fsp3) is 0.0769. The third-order valence-electron chi connectivity index (χ3n) is 5.38. The highest BCUT2D eigenvalue weighted by atomic mass is 19.3. The molecular formula is C26H13F9O. The highest BCUT2D eigenvalue weighted by Crippen LogP contribution is 2.38. The SMILES string of the molecule is Cc1ccc(-c2ccc(-c3ccc(C(F)(F)Oc4cc(F)c(F)c(F)c4)c(F)c3F)cc2)c(F)c1F. The highest BCUT2D eigenvalue weighted by molar-refractivity contribution is 5.71. The van der Waals surface area contributed by atoms with Crippen LogP contribution in [0.3, 0.4) is 0 Å². The largest absolute Gasteiger partial charge is 0.429 e. The lowest BCUT2D eigenvalue weighted by Gasteiger charge is -2.20. The zero-order valence-corrected chi connectivity index (χ0v) is 18.1. The molecule has 0 unspecified atom stereocenters. The van der Waals surface area contributed by atoms with Crippen molar-refractivity contribution in [2.24, 2.45) is 0 Å². The first kappa shape index (κ1) is 25.2. The molecule has 0 saturated carbocycles. The molecule has 0 aliphatic carbocycles. The Morgan fingerprint density at radius 3 is 1.56 bits per heavy atom. The first-order valence-corrected chi connectivity index (χ1v) is 10.2. The van der Waals surface area contributed by atoms with Gasteiger partial charge in [-0.1, -0.05) is 42.5 Å². The summed E-state index contributed by atoms with van der Waals surface area (Å²) < 4.78 is 130. The summed E-state index contributed by atoms with van der Waals surface area (Å²) in [5.74, 6) is -12.5. The van der Waals surface area contributed by atoms with Crippen LogP contribution in [0.25, 0.3) is 22.3 Å². The second-order valence-corrected chi connectivity index (χ2v) is 7.74. The summed E-state index contributed by atoms with van der Waals surface area (Å²) >= 11 is 0. The van der Waals surface area contributed by atoms with E-state index in [2.05, 4.69) is 4.74 Å². The molecule has 0 fully saturated rings. The van der Waals surface area contributed by atoms with Gasteiger partial charge in [-0.2, -0.15) is 8.78 Å². The zero-order chi connectivity index (χ0) is 26.4. The molecule has 1 nitrogen and oxygen atoms in total. The van der Waals surface area contributed by atoms with Gasteiger partial charge >= 0.3 is 6.11 Å². The van der Waals surface area contributed by atoms with Gasteiger partial charge < -0.3 is 4.74 Å². The lowest BCUT2D eigenvalue weighted by atomic mass is 9.97. The number of ether oxygens (including phenoxy) is 1. The van der Waals surface area contributed by atoms with Crippen LogP contribution in [0.2, 0.25) is 0 Å². The molecule has 10 heteroatoms. The van der Waals surface area contributed by atoms with Gasteiger partial charge in [0, 0.05) is 23.3 Å². The van der Waals surface area contributed by atoms with Gasteiger partial charge in [0.25, 0.3) is 0 Å². The molecule has 0 N–H and O–H groups in total. The average molecular weight is 512 g/mol. The number of halogens is 9. The third-order valence-corrected chi connectivity index (χ3v) is 5.38. The minimum Gasteiger partial charge on any atom is -0.429 e. The van der Waals surface area contributed by atoms with Crippen LogP contribution in [0.1, 0.15) is 11.1 Å². The molecule has 0 amide bonds. The molecule has 0 bridgehead atoms. The van der Waals surface area contributed by atoms with Gasteiger partial charge in [-0.05, 0) is 29.7 Å². The Morgan fingerprint density at radius 1 is 0.556 bits per heavy atom. The van der Waals surface area contributed by atoms with Crippen molar-refractivity contribution in [3.8, 4) is 28.0 Å². The number of aryl methyl sites for hydroxylation is 1. The number of benzene rings is 4. The molecule has 4 rings (SSSR count). The minimum absolute atomic E-state index is 0.0293. The maximum atomic E-state index is 14.7. The molecule has 0 radical (unpaired) electrons. The number of rotatable bonds is 5. The molecule has 0 aromatic heterocycles. The molecule has 0 spiro atoms. The van der Waals surface area contributed by atoms with Crippen molar-refractivity contribution in [1.82, 2.24) is 0 Å². The Morgan fingerprint density at radius 2 is 1.03 bits per heavy atom. The highest BCUT2D eigenvalue weighted by Gasteiger charge is 2.40. The van der Waals surface area contributed by atoms with E-state index in [0.29, 0.717) is 6.07 Å². The predicted octanol–water partition coefficient (Wildman–Crippen LogP) is 8.43. The normalized spacial score (nSPS) is 11.6. The van der Waals surface area contributed by atoms with Crippen molar-refractivity contribution < 1.29 is 44.3 Å². The van der Waals surface area contributed by atoms with Crippen LogP contribution < -0.4 is 4.74 Å². The Bertz CT molecular complexity index is 1440. The minimum atomic E-state index is -4.59. The Kier molecular flexibility index (Phi) is 6.46. The van der Waals surface area contributed by atoms with Crippen molar-refractivity contribution in [2.45, 2.75) is 13.0 Å². The first-order chi connectivity index (χ1) is 16.9. The van der Waals surface area contributed by atoms with Crippen LogP contribution in [-0.4, -0.2) is 0 Å². The van der Waals surface area contributed by atoms with Gasteiger partial charge in [-0.3, -0.25) is 0 Å². The van der Waals surface area contributed by atoms with Gasteiger partial charge in [0.05, 0.1) is 0 Å². The molecule has 0 atom stereocenters. The summed E-state index contributed by atoms with van der Waals surface area (Å²) in [5, 5.41) is 0. The number of hydrogen-bond donors (Lipinski definition) is 0. The van der Waals surface area contributed by atoms with E-state index in [1.165, 1.54) is 43.3 Å². The Hall–Kier alpha value is -3.95. The van der Waals surface area contributed by atoms with Gasteiger partial charge in [0.1, 0.15) is 11.3 Å². The van der Waals surface area contributed by atoms with E-state index in [4.69, 9.17) is 0 Å². The van der Waals surface area contributed by atoms with Crippen LogP contribution in [0, 0.1) is 47.6 Å². The van der Waals surface area contributed by atoms with Gasteiger partial charge in [0.15, 0.2) is 40.7 Å². The fourth-order valence-corrected chi connectivity index (χ4v) is 3.49. The summed E-state index contributed by atoms with van der Waals surface area (Å²) in [5.41, 5.74) is -1.73. The fourth-order valence-electron chi connectivity index (χ4n) is 3.49. The van der Waals surface area contributed by atoms with E-state index in [1.54, 1.807) is 0 Å². The van der Waals surface area contributed by atoms with Gasteiger partial charge in [-0.25, -0.2) is 30.7 Å². The Labute approximate surface area is 198 Å². The number of alkyl halides is 2. The third kappa shape index (κ3) is 4.50. The zero-order valence-electron chi connectivity index (χ0n) is 18.1. The smallest absolute Gasteiger partial charge is 0.429 e. The van der Waals surface area contributed by atoms with E-state index in [-0.39, 0.29) is 34.4 Å². The second kappa shape index (κ2) is 9.25. The van der Waals surface area contributed by atoms with E-state index in [9.17, 15) is 39.5 Å². The van der Waals surface area contributed by atoms with Crippen molar-refractivity contribution >= 4 is 0 Å². The molecule has 36 heavy (non-hydrogen) atoms. The molecule has 0 saturated heterocycles. The van der Waals surface area contributed by atoms with Gasteiger partial charge in [0.2, 0.25) is 0 Å². The van der Waals surface area contributed by atoms with Gasteiger partial charge in [-0.15, -0.1) is 0 Å². The van der Waals surface area contributed by atoms with Crippen LogP contribution in [0.5, 0.6) is 5.75 Å². The number of hydrogen-bond acceptors (Lipinski definition) is 1. The summed E-state index contributed by atoms with van der Waals surface area (Å²) in [6.45, 7) is 1.39. The van der Waals surface area contributed by atoms with Crippen molar-refractivity contribution in [2.75, 3.05) is 0 Å². The lowest BCUT2D eigenvalue weighted by molar-refractivity contribution is -0.187. The molecule has 0 aliphatic heterocycles. The molecule has 4 aromatic rings. The maximum Gasteiger partial charge on any atom is 0.429 e. The van der Waals surface area contributed by atoms with Crippen molar-refractivity contribution in [3.05, 3.63) is 113 Å². The monoisotopic (exact) mass is 512 g/mol. The van der Waals surface area contributed by atoms with Crippen LogP contribution in [-0.2, 0) is 6.11 Å². The Balaban J connectivity index is 1.65. The summed E-state index contributed by atoms with van der Waals surface area (Å²) in [7, 11) is 0.